The highest BCUT2D eigenvalue weighted by Crippen LogP contribution is 2.31. The first-order valence-corrected chi connectivity index (χ1v) is 11.2. The minimum absolute atomic E-state index is 0.353. The summed E-state index contributed by atoms with van der Waals surface area (Å²) in [7, 11) is 0. The number of benzene rings is 3. The van der Waals surface area contributed by atoms with Crippen molar-refractivity contribution < 1.29 is 13.9 Å². The lowest BCUT2D eigenvalue weighted by Crippen LogP contribution is -2.05. The number of nitrogens with zero attached hydrogens (tertiary/aromatic N) is 1. The molecule has 0 radical (unpaired) electrons. The van der Waals surface area contributed by atoms with Gasteiger partial charge in [-0.25, -0.2) is 9.78 Å². The van der Waals surface area contributed by atoms with E-state index in [4.69, 9.17) is 18.9 Å². The second kappa shape index (κ2) is 8.85. The van der Waals surface area contributed by atoms with E-state index in [1.807, 2.05) is 61.5 Å². The molecule has 0 atom stereocenters. The van der Waals surface area contributed by atoms with Crippen molar-refractivity contribution in [3.63, 3.8) is 0 Å². The van der Waals surface area contributed by atoms with Crippen LogP contribution >= 0.6 is 11.3 Å². The third-order valence-corrected chi connectivity index (χ3v) is 6.21. The maximum absolute atomic E-state index is 11.6. The van der Waals surface area contributed by atoms with E-state index in [1.165, 1.54) is 10.8 Å². The van der Waals surface area contributed by atoms with Crippen LogP contribution in [-0.4, -0.2) is 18.2 Å². The topological polar surface area (TPSA) is 61.6 Å². The Morgan fingerprint density at radius 1 is 0.906 bits per heavy atom. The van der Waals surface area contributed by atoms with E-state index in [-0.39, 0.29) is 5.63 Å². The number of aromatic nitrogens is 1. The molecule has 0 saturated carbocycles. The van der Waals surface area contributed by atoms with E-state index in [0.29, 0.717) is 24.5 Å². The first-order chi connectivity index (χ1) is 15.7. The predicted molar refractivity (Wildman–Crippen MR) is 128 cm³/mol. The molecule has 0 amide bonds. The van der Waals surface area contributed by atoms with Gasteiger partial charge in [0, 0.05) is 29.5 Å². The second-order valence-corrected chi connectivity index (χ2v) is 8.50. The molecule has 0 saturated heterocycles. The number of thiazole rings is 1. The van der Waals surface area contributed by atoms with E-state index < -0.39 is 0 Å². The zero-order valence-electron chi connectivity index (χ0n) is 17.5. The zero-order valence-corrected chi connectivity index (χ0v) is 18.4. The van der Waals surface area contributed by atoms with Crippen LogP contribution in [0.3, 0.4) is 0 Å². The minimum Gasteiger partial charge on any atom is -0.493 e. The lowest BCUT2D eigenvalue weighted by Gasteiger charge is -2.09. The quantitative estimate of drug-likeness (QED) is 0.221. The number of ether oxygens (including phenoxy) is 2. The average molecular weight is 444 g/mol. The molecule has 0 aliphatic heterocycles. The van der Waals surface area contributed by atoms with Gasteiger partial charge in [-0.1, -0.05) is 24.3 Å². The van der Waals surface area contributed by atoms with Gasteiger partial charge in [0.15, 0.2) is 0 Å². The summed E-state index contributed by atoms with van der Waals surface area (Å²) in [5.74, 6) is 1.48. The summed E-state index contributed by atoms with van der Waals surface area (Å²) in [5, 5.41) is 1.89. The van der Waals surface area contributed by atoms with Crippen molar-refractivity contribution in [2.24, 2.45) is 0 Å². The Morgan fingerprint density at radius 3 is 2.56 bits per heavy atom. The van der Waals surface area contributed by atoms with Crippen LogP contribution in [0.5, 0.6) is 11.5 Å². The number of para-hydroxylation sites is 1. The van der Waals surface area contributed by atoms with Crippen LogP contribution in [0, 0.1) is 6.92 Å². The molecular formula is C26H21NO4S. The van der Waals surface area contributed by atoms with Crippen molar-refractivity contribution in [1.82, 2.24) is 4.98 Å². The summed E-state index contributed by atoms with van der Waals surface area (Å²) in [4.78, 5) is 16.3. The van der Waals surface area contributed by atoms with Gasteiger partial charge in [-0.3, -0.25) is 0 Å². The normalized spacial score (nSPS) is 11.2. The summed E-state index contributed by atoms with van der Waals surface area (Å²) in [6, 6.07) is 23.2. The summed E-state index contributed by atoms with van der Waals surface area (Å²) in [6.45, 7) is 2.92. The maximum atomic E-state index is 11.6. The lowest BCUT2D eigenvalue weighted by molar-refractivity contribution is 0.247. The van der Waals surface area contributed by atoms with Crippen molar-refractivity contribution in [3.05, 3.63) is 88.8 Å². The van der Waals surface area contributed by atoms with Crippen LogP contribution in [0.1, 0.15) is 12.0 Å². The van der Waals surface area contributed by atoms with Crippen LogP contribution in [0.2, 0.25) is 0 Å². The molecule has 0 bridgehead atoms. The van der Waals surface area contributed by atoms with E-state index in [0.717, 1.165) is 39.2 Å². The van der Waals surface area contributed by atoms with E-state index >= 15 is 0 Å². The van der Waals surface area contributed by atoms with Crippen LogP contribution in [0.25, 0.3) is 31.8 Å². The Balaban J connectivity index is 1.17. The number of aryl methyl sites for hydroxylation is 1. The predicted octanol–water partition coefficient (Wildman–Crippen LogP) is 6.23. The monoisotopic (exact) mass is 443 g/mol. The van der Waals surface area contributed by atoms with Gasteiger partial charge in [0.1, 0.15) is 22.1 Å². The van der Waals surface area contributed by atoms with Gasteiger partial charge in [-0.15, -0.1) is 11.3 Å². The molecule has 0 spiro atoms. The van der Waals surface area contributed by atoms with Crippen molar-refractivity contribution in [2.75, 3.05) is 13.2 Å². The lowest BCUT2D eigenvalue weighted by atomic mass is 10.1. The second-order valence-electron chi connectivity index (χ2n) is 7.47. The fourth-order valence-electron chi connectivity index (χ4n) is 3.55. The van der Waals surface area contributed by atoms with Gasteiger partial charge < -0.3 is 13.9 Å². The molecule has 5 nitrogen and oxygen atoms in total. The molecule has 0 fully saturated rings. The van der Waals surface area contributed by atoms with E-state index in [9.17, 15) is 4.79 Å². The highest BCUT2D eigenvalue weighted by Gasteiger charge is 2.07. The number of hydrogen-bond donors (Lipinski definition) is 0. The van der Waals surface area contributed by atoms with Gasteiger partial charge in [-0.05, 0) is 48.9 Å². The Kier molecular flexibility index (Phi) is 5.60. The number of fused-ring (bicyclic) bond motifs is 2. The standard InChI is InChI=1S/C26H21NO4S/c1-17-14-25(28)31-23-16-20(10-11-21(17)23)30-13-5-12-29-19-7-4-6-18(15-19)26-27-22-8-2-3-9-24(22)32-26/h2-4,6-11,14-16H,5,12-13H2,1H3. The number of hydrogen-bond acceptors (Lipinski definition) is 6. The third kappa shape index (κ3) is 4.36. The molecule has 5 rings (SSSR count). The average Bonchev–Trinajstić information content (AvgIpc) is 3.23. The highest BCUT2D eigenvalue weighted by atomic mass is 32.1. The van der Waals surface area contributed by atoms with Crippen molar-refractivity contribution >= 4 is 32.5 Å². The van der Waals surface area contributed by atoms with Crippen molar-refractivity contribution in [1.29, 1.82) is 0 Å². The molecule has 6 heteroatoms. The van der Waals surface area contributed by atoms with Crippen LogP contribution in [-0.2, 0) is 0 Å². The maximum Gasteiger partial charge on any atom is 0.336 e. The summed E-state index contributed by atoms with van der Waals surface area (Å²) >= 11 is 1.68. The van der Waals surface area contributed by atoms with Gasteiger partial charge >= 0.3 is 5.63 Å². The first-order valence-electron chi connectivity index (χ1n) is 10.4. The fourth-order valence-corrected chi connectivity index (χ4v) is 4.51. The minimum atomic E-state index is -0.353. The Bertz CT molecular complexity index is 1420. The molecule has 0 N–H and O–H groups in total. The molecule has 0 aliphatic rings. The zero-order chi connectivity index (χ0) is 21.9. The van der Waals surface area contributed by atoms with E-state index in [2.05, 4.69) is 6.07 Å². The fraction of sp³-hybridized carbons (Fsp3) is 0.154. The Hall–Kier alpha value is -3.64. The van der Waals surface area contributed by atoms with Gasteiger partial charge in [0.05, 0.1) is 23.4 Å². The molecule has 5 aromatic rings. The molecule has 32 heavy (non-hydrogen) atoms. The highest BCUT2D eigenvalue weighted by molar-refractivity contribution is 7.21. The van der Waals surface area contributed by atoms with Crippen LogP contribution in [0.4, 0.5) is 0 Å². The molecule has 160 valence electrons. The van der Waals surface area contributed by atoms with Crippen LogP contribution in [0.15, 0.2) is 82.0 Å². The molecule has 2 heterocycles. The summed E-state index contributed by atoms with van der Waals surface area (Å²) < 4.78 is 18.2. The van der Waals surface area contributed by atoms with Gasteiger partial charge in [0.2, 0.25) is 0 Å². The molecule has 3 aromatic carbocycles. The molecule has 2 aromatic heterocycles. The molecule has 0 unspecified atom stereocenters. The molecule has 0 aliphatic carbocycles. The summed E-state index contributed by atoms with van der Waals surface area (Å²) in [5.41, 5.74) is 3.14. The summed E-state index contributed by atoms with van der Waals surface area (Å²) in [6.07, 6.45) is 0.723. The Labute approximate surface area is 188 Å². The van der Waals surface area contributed by atoms with Crippen LogP contribution < -0.4 is 15.1 Å². The smallest absolute Gasteiger partial charge is 0.336 e. The Morgan fingerprint density at radius 2 is 1.72 bits per heavy atom. The van der Waals surface area contributed by atoms with Crippen molar-refractivity contribution in [2.45, 2.75) is 13.3 Å². The van der Waals surface area contributed by atoms with Crippen molar-refractivity contribution in [3.8, 4) is 22.1 Å². The molecular weight excluding hydrogens is 422 g/mol. The first kappa shape index (κ1) is 20.3. The SMILES string of the molecule is Cc1cc(=O)oc2cc(OCCCOc3cccc(-c4nc5ccccc5s4)c3)ccc12. The number of rotatable bonds is 7. The third-order valence-electron chi connectivity index (χ3n) is 5.12. The van der Waals surface area contributed by atoms with Gasteiger partial charge in [0.25, 0.3) is 0 Å². The largest absolute Gasteiger partial charge is 0.493 e. The van der Waals surface area contributed by atoms with Gasteiger partial charge in [-0.2, -0.15) is 0 Å². The van der Waals surface area contributed by atoms with E-state index in [1.54, 1.807) is 17.4 Å².